The van der Waals surface area contributed by atoms with Crippen LogP contribution >= 0.6 is 0 Å². The fourth-order valence-electron chi connectivity index (χ4n) is 1.06. The van der Waals surface area contributed by atoms with E-state index in [0.29, 0.717) is 5.56 Å². The van der Waals surface area contributed by atoms with E-state index in [9.17, 15) is 10.1 Å². The number of benzene rings is 1. The van der Waals surface area contributed by atoms with Crippen LogP contribution in [0.2, 0.25) is 0 Å². The maximum absolute atomic E-state index is 10.6. The van der Waals surface area contributed by atoms with Gasteiger partial charge >= 0.3 is 0 Å². The molecule has 1 aromatic rings. The fourth-order valence-corrected chi connectivity index (χ4v) is 1.06. The van der Waals surface area contributed by atoms with Crippen LogP contribution in [0.3, 0.4) is 0 Å². The Morgan fingerprint density at radius 2 is 2.18 bits per heavy atom. The van der Waals surface area contributed by atoms with Gasteiger partial charge in [-0.3, -0.25) is 10.1 Å². The molecule has 0 bridgehead atoms. The zero-order valence-corrected chi connectivity index (χ0v) is 8.49. The summed E-state index contributed by atoms with van der Waals surface area (Å²) in [4.78, 5) is 12.5. The van der Waals surface area contributed by atoms with Crippen molar-refractivity contribution in [1.82, 2.24) is 0 Å². The minimum atomic E-state index is -0.598. The number of azide groups is 1. The van der Waals surface area contributed by atoms with E-state index >= 15 is 0 Å². The van der Waals surface area contributed by atoms with E-state index in [0.717, 1.165) is 0 Å². The van der Waals surface area contributed by atoms with Gasteiger partial charge in [-0.1, -0.05) is 17.0 Å². The number of nitro groups is 1. The van der Waals surface area contributed by atoms with Crippen molar-refractivity contribution in [2.45, 2.75) is 0 Å². The Balaban J connectivity index is 3.10. The Hall–Kier alpha value is -3.02. The lowest BCUT2D eigenvalue weighted by molar-refractivity contribution is -0.384. The summed E-state index contributed by atoms with van der Waals surface area (Å²) in [5.41, 5.74) is 8.32. The summed E-state index contributed by atoms with van der Waals surface area (Å²) in [6.45, 7) is -0.0267. The summed E-state index contributed by atoms with van der Waals surface area (Å²) in [7, 11) is 0. The average molecular weight is 227 g/mol. The zero-order valence-electron chi connectivity index (χ0n) is 8.49. The molecule has 0 aliphatic carbocycles. The smallest absolute Gasteiger partial charge is 0.258 e. The first-order valence-electron chi connectivity index (χ1n) is 4.36. The van der Waals surface area contributed by atoms with Crippen molar-refractivity contribution in [2.24, 2.45) is 5.11 Å². The van der Waals surface area contributed by atoms with Gasteiger partial charge in [-0.05, 0) is 11.6 Å². The first-order valence-corrected chi connectivity index (χ1v) is 4.36. The summed E-state index contributed by atoms with van der Waals surface area (Å²) < 4.78 is 0. The van der Waals surface area contributed by atoms with Gasteiger partial charge in [-0.15, -0.1) is 0 Å². The molecule has 0 radical (unpaired) electrons. The Kier molecular flexibility index (Phi) is 4.09. The molecule has 82 valence electrons. The Morgan fingerprint density at radius 1 is 1.47 bits per heavy atom. The minimum absolute atomic E-state index is 0.0267. The Morgan fingerprint density at radius 3 is 2.76 bits per heavy atom. The van der Waals surface area contributed by atoms with Crippen molar-refractivity contribution in [2.75, 3.05) is 6.54 Å². The predicted molar refractivity (Wildman–Crippen MR) is 58.7 cm³/mol. The van der Waals surface area contributed by atoms with Gasteiger partial charge in [-0.2, -0.15) is 5.26 Å². The van der Waals surface area contributed by atoms with E-state index in [1.165, 1.54) is 18.2 Å². The van der Waals surface area contributed by atoms with E-state index < -0.39 is 4.92 Å². The molecule has 0 heterocycles. The number of hydrogen-bond acceptors (Lipinski definition) is 4. The molecule has 0 unspecified atom stereocenters. The highest BCUT2D eigenvalue weighted by Crippen LogP contribution is 2.15. The van der Waals surface area contributed by atoms with E-state index in [2.05, 4.69) is 21.9 Å². The molecule has 17 heavy (non-hydrogen) atoms. The van der Waals surface area contributed by atoms with Crippen LogP contribution in [-0.4, -0.2) is 11.5 Å². The SMILES string of the molecule is N#Cc1cc(C#CCN=[N+]=[N-])cc([N+](=O)[O-])c1. The Bertz CT molecular complexity index is 599. The molecule has 7 heteroatoms. The minimum Gasteiger partial charge on any atom is -0.258 e. The molecule has 0 aromatic heterocycles. The second-order valence-corrected chi connectivity index (χ2v) is 2.83. The van der Waals surface area contributed by atoms with E-state index in [4.69, 9.17) is 10.8 Å². The number of nitrogens with zero attached hydrogens (tertiary/aromatic N) is 5. The highest BCUT2D eigenvalue weighted by atomic mass is 16.6. The van der Waals surface area contributed by atoms with Gasteiger partial charge in [0.2, 0.25) is 0 Å². The number of hydrogen-bond donors (Lipinski definition) is 0. The molecule has 7 nitrogen and oxygen atoms in total. The largest absolute Gasteiger partial charge is 0.271 e. The summed E-state index contributed by atoms with van der Waals surface area (Å²) >= 11 is 0. The standard InChI is InChI=1S/C10H5N5O2/c11-7-9-4-8(2-1-3-13-14-12)5-10(6-9)15(16)17/h4-6H,3H2. The van der Waals surface area contributed by atoms with Gasteiger partial charge < -0.3 is 0 Å². The lowest BCUT2D eigenvalue weighted by Crippen LogP contribution is -1.90. The molecule has 0 atom stereocenters. The van der Waals surface area contributed by atoms with Crippen LogP contribution in [0.15, 0.2) is 23.3 Å². The summed E-state index contributed by atoms with van der Waals surface area (Å²) in [6.07, 6.45) is 0. The van der Waals surface area contributed by atoms with Crippen LogP contribution in [0, 0.1) is 33.3 Å². The molecule has 1 aromatic carbocycles. The molecule has 1 rings (SSSR count). The van der Waals surface area contributed by atoms with Crippen molar-refractivity contribution in [3.63, 3.8) is 0 Å². The summed E-state index contributed by atoms with van der Waals surface area (Å²) in [5, 5.41) is 22.5. The van der Waals surface area contributed by atoms with Gasteiger partial charge in [0.05, 0.1) is 23.1 Å². The van der Waals surface area contributed by atoms with Crippen LogP contribution in [-0.2, 0) is 0 Å². The molecular formula is C10H5N5O2. The van der Waals surface area contributed by atoms with Gasteiger partial charge in [0.1, 0.15) is 0 Å². The van der Waals surface area contributed by atoms with Crippen molar-refractivity contribution in [1.29, 1.82) is 5.26 Å². The van der Waals surface area contributed by atoms with Crippen molar-refractivity contribution < 1.29 is 4.92 Å². The monoisotopic (exact) mass is 227 g/mol. The van der Waals surface area contributed by atoms with E-state index in [1.54, 1.807) is 0 Å². The molecule has 0 spiro atoms. The van der Waals surface area contributed by atoms with Gasteiger partial charge in [-0.25, -0.2) is 0 Å². The Labute approximate surface area is 96.1 Å². The second kappa shape index (κ2) is 5.76. The topological polar surface area (TPSA) is 116 Å². The summed E-state index contributed by atoms with van der Waals surface area (Å²) in [5.74, 6) is 5.10. The number of nitriles is 1. The molecule has 0 saturated carbocycles. The zero-order chi connectivity index (χ0) is 12.7. The van der Waals surface area contributed by atoms with Crippen molar-refractivity contribution >= 4 is 5.69 Å². The number of non-ortho nitro benzene ring substituents is 1. The first kappa shape index (κ1) is 12.1. The van der Waals surface area contributed by atoms with Crippen LogP contribution in [0.4, 0.5) is 5.69 Å². The maximum atomic E-state index is 10.6. The third-order valence-corrected chi connectivity index (χ3v) is 1.70. The summed E-state index contributed by atoms with van der Waals surface area (Å²) in [6, 6.07) is 5.66. The predicted octanol–water partition coefficient (Wildman–Crippen LogP) is 2.13. The van der Waals surface area contributed by atoms with Crippen LogP contribution in [0.5, 0.6) is 0 Å². The number of rotatable bonds is 2. The molecular weight excluding hydrogens is 222 g/mol. The lowest BCUT2D eigenvalue weighted by Gasteiger charge is -1.94. The van der Waals surface area contributed by atoms with E-state index in [1.807, 2.05) is 6.07 Å². The van der Waals surface area contributed by atoms with Gasteiger partial charge in [0.15, 0.2) is 0 Å². The number of nitro benzene ring substituents is 1. The molecule has 0 aliphatic rings. The third-order valence-electron chi connectivity index (χ3n) is 1.70. The molecule has 0 saturated heterocycles. The quantitative estimate of drug-likeness (QED) is 0.192. The molecule has 0 amide bonds. The molecule has 0 fully saturated rings. The maximum Gasteiger partial charge on any atom is 0.271 e. The fraction of sp³-hybridized carbons (Fsp3) is 0.100. The van der Waals surface area contributed by atoms with Crippen LogP contribution < -0.4 is 0 Å². The van der Waals surface area contributed by atoms with Gasteiger partial charge in [0, 0.05) is 22.6 Å². The normalized spacial score (nSPS) is 8.18. The molecule has 0 N–H and O–H groups in total. The lowest BCUT2D eigenvalue weighted by atomic mass is 10.1. The second-order valence-electron chi connectivity index (χ2n) is 2.83. The van der Waals surface area contributed by atoms with Crippen LogP contribution in [0.25, 0.3) is 10.4 Å². The van der Waals surface area contributed by atoms with Crippen molar-refractivity contribution in [3.05, 3.63) is 49.9 Å². The first-order chi connectivity index (χ1) is 8.17. The average Bonchev–Trinajstić information content (AvgIpc) is 2.34. The van der Waals surface area contributed by atoms with Crippen LogP contribution in [0.1, 0.15) is 11.1 Å². The third kappa shape index (κ3) is 3.56. The molecule has 0 aliphatic heterocycles. The van der Waals surface area contributed by atoms with Crippen molar-refractivity contribution in [3.8, 4) is 17.9 Å². The van der Waals surface area contributed by atoms with Gasteiger partial charge in [0.25, 0.3) is 5.69 Å². The highest BCUT2D eigenvalue weighted by molar-refractivity contribution is 5.50. The van der Waals surface area contributed by atoms with E-state index in [-0.39, 0.29) is 17.8 Å². The highest BCUT2D eigenvalue weighted by Gasteiger charge is 2.08.